The average molecular weight is 410 g/mol. The van der Waals surface area contributed by atoms with Gasteiger partial charge in [-0.1, -0.05) is 57.3 Å². The molecule has 0 spiro atoms. The average Bonchev–Trinajstić information content (AvgIpc) is 2.98. The maximum Gasteiger partial charge on any atom is 0.240 e. The third-order valence-electron chi connectivity index (χ3n) is 3.11. The van der Waals surface area contributed by atoms with E-state index in [1.807, 2.05) is 36.4 Å². The van der Waals surface area contributed by atoms with Gasteiger partial charge in [0.05, 0.1) is 16.5 Å². The van der Waals surface area contributed by atoms with Crippen molar-refractivity contribution in [2.24, 2.45) is 0 Å². The normalized spacial score (nSPS) is 11.3. The molecule has 0 aliphatic carbocycles. The molecular weight excluding hydrogens is 399 g/mol. The van der Waals surface area contributed by atoms with Gasteiger partial charge in [-0.2, -0.15) is 0 Å². The van der Waals surface area contributed by atoms with E-state index in [0.717, 1.165) is 15.6 Å². The number of rotatable bonds is 4. The van der Waals surface area contributed by atoms with Gasteiger partial charge in [-0.15, -0.1) is 10.2 Å². The second kappa shape index (κ2) is 7.30. The Morgan fingerprint density at radius 2 is 1.74 bits per heavy atom. The Labute approximate surface area is 152 Å². The van der Waals surface area contributed by atoms with Crippen LogP contribution in [0.1, 0.15) is 22.9 Å². The number of hydrogen-bond acceptors (Lipinski definition) is 3. The second-order valence-corrected chi connectivity index (χ2v) is 6.57. The van der Waals surface area contributed by atoms with E-state index in [2.05, 4.69) is 26.1 Å². The Bertz CT molecular complexity index is 844. The van der Waals surface area contributed by atoms with Crippen LogP contribution in [0.2, 0.25) is 10.0 Å². The Morgan fingerprint density at radius 3 is 2.48 bits per heavy atom. The van der Waals surface area contributed by atoms with Crippen LogP contribution in [0.25, 0.3) is 12.2 Å². The lowest BCUT2D eigenvalue weighted by Crippen LogP contribution is -1.87. The van der Waals surface area contributed by atoms with Gasteiger partial charge in [0.25, 0.3) is 0 Å². The lowest BCUT2D eigenvalue weighted by Gasteiger charge is -1.97. The summed E-state index contributed by atoms with van der Waals surface area (Å²) in [6, 6.07) is 13.4. The molecule has 0 saturated heterocycles. The molecule has 3 aromatic rings. The van der Waals surface area contributed by atoms with E-state index < -0.39 is 0 Å². The first-order valence-electron chi connectivity index (χ1n) is 6.80. The van der Waals surface area contributed by atoms with Gasteiger partial charge in [-0.25, -0.2) is 0 Å². The Morgan fingerprint density at radius 1 is 0.957 bits per heavy atom. The monoisotopic (exact) mass is 408 g/mol. The molecule has 0 aliphatic heterocycles. The molecular formula is C17H11BrCl2N2O. The largest absolute Gasteiger partial charge is 0.421 e. The summed E-state index contributed by atoms with van der Waals surface area (Å²) >= 11 is 15.3. The predicted molar refractivity (Wildman–Crippen MR) is 96.6 cm³/mol. The van der Waals surface area contributed by atoms with E-state index in [4.69, 9.17) is 27.6 Å². The maximum absolute atomic E-state index is 5.98. The molecule has 0 aliphatic rings. The van der Waals surface area contributed by atoms with E-state index in [9.17, 15) is 0 Å². The summed E-state index contributed by atoms with van der Waals surface area (Å²) in [7, 11) is 0. The fourth-order valence-electron chi connectivity index (χ4n) is 1.97. The minimum Gasteiger partial charge on any atom is -0.421 e. The van der Waals surface area contributed by atoms with E-state index in [1.54, 1.807) is 18.2 Å². The minimum absolute atomic E-state index is 0.447. The lowest BCUT2D eigenvalue weighted by molar-refractivity contribution is 0.496. The van der Waals surface area contributed by atoms with Crippen LogP contribution in [0.5, 0.6) is 0 Å². The SMILES string of the molecule is Clc1ccc(/C=C/c2nnc(Cc3ccc(Br)cc3)o2)cc1Cl. The van der Waals surface area contributed by atoms with Crippen LogP contribution >= 0.6 is 39.1 Å². The van der Waals surface area contributed by atoms with Gasteiger partial charge < -0.3 is 4.42 Å². The van der Waals surface area contributed by atoms with Crippen molar-refractivity contribution in [2.75, 3.05) is 0 Å². The highest BCUT2D eigenvalue weighted by Crippen LogP contribution is 2.23. The Kier molecular flexibility index (Phi) is 5.16. The molecule has 116 valence electrons. The van der Waals surface area contributed by atoms with Gasteiger partial charge in [0.15, 0.2) is 0 Å². The molecule has 6 heteroatoms. The molecule has 3 nitrogen and oxygen atoms in total. The highest BCUT2D eigenvalue weighted by atomic mass is 79.9. The fourth-order valence-corrected chi connectivity index (χ4v) is 2.54. The van der Waals surface area contributed by atoms with Crippen LogP contribution in [0.4, 0.5) is 0 Å². The third kappa shape index (κ3) is 4.44. The molecule has 0 radical (unpaired) electrons. The zero-order chi connectivity index (χ0) is 16.2. The van der Waals surface area contributed by atoms with Crippen molar-refractivity contribution in [3.05, 3.63) is 79.9 Å². The summed E-state index contributed by atoms with van der Waals surface area (Å²) < 4.78 is 6.65. The molecule has 0 amide bonds. The van der Waals surface area contributed by atoms with Crippen LogP contribution in [0, 0.1) is 0 Å². The maximum atomic E-state index is 5.98. The first kappa shape index (κ1) is 16.2. The molecule has 1 heterocycles. The standard InChI is InChI=1S/C17H11BrCl2N2O/c18-13-5-1-12(2-6-13)10-17-22-21-16(23-17)8-4-11-3-7-14(19)15(20)9-11/h1-9H,10H2/b8-4+. The topological polar surface area (TPSA) is 38.9 Å². The summed E-state index contributed by atoms with van der Waals surface area (Å²) in [5.41, 5.74) is 2.02. The van der Waals surface area contributed by atoms with Gasteiger partial charge in [-0.3, -0.25) is 0 Å². The van der Waals surface area contributed by atoms with E-state index in [0.29, 0.717) is 28.2 Å². The molecule has 0 atom stereocenters. The molecule has 0 bridgehead atoms. The molecule has 2 aromatic carbocycles. The van der Waals surface area contributed by atoms with Crippen molar-refractivity contribution in [1.82, 2.24) is 10.2 Å². The van der Waals surface area contributed by atoms with Crippen molar-refractivity contribution in [3.8, 4) is 0 Å². The van der Waals surface area contributed by atoms with Crippen LogP contribution in [0.15, 0.2) is 51.4 Å². The fraction of sp³-hybridized carbons (Fsp3) is 0.0588. The van der Waals surface area contributed by atoms with Crippen molar-refractivity contribution >= 4 is 51.3 Å². The second-order valence-electron chi connectivity index (χ2n) is 4.84. The summed E-state index contributed by atoms with van der Waals surface area (Å²) in [6.07, 6.45) is 4.19. The summed E-state index contributed by atoms with van der Waals surface area (Å²) in [5.74, 6) is 1.02. The smallest absolute Gasteiger partial charge is 0.240 e. The van der Waals surface area contributed by atoms with Crippen molar-refractivity contribution < 1.29 is 4.42 Å². The molecule has 0 unspecified atom stereocenters. The molecule has 0 saturated carbocycles. The number of benzene rings is 2. The third-order valence-corrected chi connectivity index (χ3v) is 4.38. The zero-order valence-electron chi connectivity index (χ0n) is 11.8. The molecule has 23 heavy (non-hydrogen) atoms. The van der Waals surface area contributed by atoms with Crippen LogP contribution < -0.4 is 0 Å². The van der Waals surface area contributed by atoms with Crippen molar-refractivity contribution in [3.63, 3.8) is 0 Å². The first-order valence-corrected chi connectivity index (χ1v) is 8.35. The lowest BCUT2D eigenvalue weighted by atomic mass is 10.1. The van der Waals surface area contributed by atoms with Gasteiger partial charge in [0.1, 0.15) is 0 Å². The zero-order valence-corrected chi connectivity index (χ0v) is 14.9. The number of hydrogen-bond donors (Lipinski definition) is 0. The van der Waals surface area contributed by atoms with Gasteiger partial charge in [0, 0.05) is 10.5 Å². The van der Waals surface area contributed by atoms with Gasteiger partial charge >= 0.3 is 0 Å². The minimum atomic E-state index is 0.447. The highest BCUT2D eigenvalue weighted by Gasteiger charge is 2.05. The van der Waals surface area contributed by atoms with Crippen molar-refractivity contribution in [1.29, 1.82) is 0 Å². The van der Waals surface area contributed by atoms with E-state index >= 15 is 0 Å². The molecule has 3 rings (SSSR count). The van der Waals surface area contributed by atoms with E-state index in [1.165, 1.54) is 0 Å². The highest BCUT2D eigenvalue weighted by molar-refractivity contribution is 9.10. The number of nitrogens with zero attached hydrogens (tertiary/aromatic N) is 2. The quantitative estimate of drug-likeness (QED) is 0.538. The summed E-state index contributed by atoms with van der Waals surface area (Å²) in [6.45, 7) is 0. The Balaban J connectivity index is 1.70. The van der Waals surface area contributed by atoms with Gasteiger partial charge in [-0.05, 0) is 41.5 Å². The molecule has 0 fully saturated rings. The molecule has 1 aromatic heterocycles. The summed E-state index contributed by atoms with van der Waals surface area (Å²) in [4.78, 5) is 0. The van der Waals surface area contributed by atoms with E-state index in [-0.39, 0.29) is 0 Å². The predicted octanol–water partition coefficient (Wildman–Crippen LogP) is 5.90. The van der Waals surface area contributed by atoms with Crippen molar-refractivity contribution in [2.45, 2.75) is 6.42 Å². The number of aromatic nitrogens is 2. The Hall–Kier alpha value is -1.62. The van der Waals surface area contributed by atoms with Crippen LogP contribution in [0.3, 0.4) is 0 Å². The van der Waals surface area contributed by atoms with Crippen LogP contribution in [-0.4, -0.2) is 10.2 Å². The van der Waals surface area contributed by atoms with Gasteiger partial charge in [0.2, 0.25) is 11.8 Å². The van der Waals surface area contributed by atoms with Crippen LogP contribution in [-0.2, 0) is 6.42 Å². The first-order chi connectivity index (χ1) is 11.1. The number of halogens is 3. The summed E-state index contributed by atoms with van der Waals surface area (Å²) in [5, 5.41) is 9.10. The molecule has 0 N–H and O–H groups in total.